The average molecular weight is 313 g/mol. The van der Waals surface area contributed by atoms with Crippen LogP contribution in [0.5, 0.6) is 0 Å². The van der Waals surface area contributed by atoms with Crippen molar-refractivity contribution in [3.63, 3.8) is 0 Å². The van der Waals surface area contributed by atoms with Gasteiger partial charge in [-0.3, -0.25) is 4.79 Å². The largest absolute Gasteiger partial charge is 0.399 e. The molecular weight excluding hydrogens is 292 g/mol. The van der Waals surface area contributed by atoms with Gasteiger partial charge in [-0.1, -0.05) is 24.4 Å². The molecule has 3 nitrogen and oxygen atoms in total. The average Bonchev–Trinajstić information content (AvgIpc) is 2.71. The monoisotopic (exact) mass is 312 g/mol. The number of likely N-dealkylation sites (tertiary alicyclic amines) is 1. The van der Waals surface area contributed by atoms with E-state index in [0.29, 0.717) is 10.7 Å². The summed E-state index contributed by atoms with van der Waals surface area (Å²) in [6, 6.07) is 5.38. The van der Waals surface area contributed by atoms with Crippen LogP contribution in [0.25, 0.3) is 0 Å². The highest BCUT2D eigenvalue weighted by molar-refractivity contribution is 8.00. The van der Waals surface area contributed by atoms with Gasteiger partial charge in [0, 0.05) is 23.7 Å². The zero-order valence-corrected chi connectivity index (χ0v) is 13.3. The number of halogens is 1. The van der Waals surface area contributed by atoms with Gasteiger partial charge in [0.2, 0.25) is 5.91 Å². The molecule has 0 aliphatic carbocycles. The predicted octanol–water partition coefficient (Wildman–Crippen LogP) is 3.81. The van der Waals surface area contributed by atoms with Crippen molar-refractivity contribution in [3.05, 3.63) is 23.2 Å². The standard InChI is InChI=1S/C15H21ClN2OS/c1-11(15(19)18-8-4-2-3-5-9-18)20-14-10-12(17)6-7-13(14)16/h6-7,10-11H,2-5,8-9,17H2,1H3. The second-order valence-electron chi connectivity index (χ2n) is 5.19. The Bertz CT molecular complexity index is 473. The molecule has 1 atom stereocenters. The van der Waals surface area contributed by atoms with E-state index in [0.717, 1.165) is 30.8 Å². The van der Waals surface area contributed by atoms with Crippen LogP contribution in [0.4, 0.5) is 5.69 Å². The topological polar surface area (TPSA) is 46.3 Å². The summed E-state index contributed by atoms with van der Waals surface area (Å²) in [7, 11) is 0. The molecule has 1 aliphatic heterocycles. The molecular formula is C15H21ClN2OS. The number of thioether (sulfide) groups is 1. The number of hydrogen-bond donors (Lipinski definition) is 1. The number of carbonyl (C=O) groups excluding carboxylic acids is 1. The third-order valence-electron chi connectivity index (χ3n) is 3.52. The third-order valence-corrected chi connectivity index (χ3v) is 5.11. The number of nitrogens with zero attached hydrogens (tertiary/aromatic N) is 1. The molecule has 1 aliphatic rings. The molecule has 1 fully saturated rings. The maximum absolute atomic E-state index is 12.5. The van der Waals surface area contributed by atoms with Crippen molar-refractivity contribution >= 4 is 35.0 Å². The molecule has 0 saturated carbocycles. The summed E-state index contributed by atoms with van der Waals surface area (Å²) in [5.74, 6) is 0.204. The van der Waals surface area contributed by atoms with Crippen molar-refractivity contribution in [2.24, 2.45) is 0 Å². The van der Waals surface area contributed by atoms with E-state index in [1.165, 1.54) is 24.6 Å². The van der Waals surface area contributed by atoms with Crippen LogP contribution in [0.15, 0.2) is 23.1 Å². The van der Waals surface area contributed by atoms with Crippen LogP contribution in [-0.4, -0.2) is 29.1 Å². The highest BCUT2D eigenvalue weighted by atomic mass is 35.5. The zero-order chi connectivity index (χ0) is 14.5. The molecule has 5 heteroatoms. The highest BCUT2D eigenvalue weighted by Crippen LogP contribution is 2.32. The van der Waals surface area contributed by atoms with E-state index in [2.05, 4.69) is 0 Å². The Morgan fingerprint density at radius 1 is 1.30 bits per heavy atom. The number of rotatable bonds is 3. The first-order chi connectivity index (χ1) is 9.58. The lowest BCUT2D eigenvalue weighted by Gasteiger charge is -2.24. The number of amides is 1. The quantitative estimate of drug-likeness (QED) is 0.682. The highest BCUT2D eigenvalue weighted by Gasteiger charge is 2.22. The van der Waals surface area contributed by atoms with Crippen LogP contribution in [0.3, 0.4) is 0 Å². The van der Waals surface area contributed by atoms with Crippen LogP contribution in [-0.2, 0) is 4.79 Å². The molecule has 110 valence electrons. The summed E-state index contributed by atoms with van der Waals surface area (Å²) in [5, 5.41) is 0.520. The van der Waals surface area contributed by atoms with E-state index >= 15 is 0 Å². The number of anilines is 1. The lowest BCUT2D eigenvalue weighted by Crippen LogP contribution is -2.37. The minimum absolute atomic E-state index is 0.132. The predicted molar refractivity (Wildman–Crippen MR) is 86.2 cm³/mol. The Morgan fingerprint density at radius 3 is 2.60 bits per heavy atom. The van der Waals surface area contributed by atoms with Gasteiger partial charge in [0.25, 0.3) is 0 Å². The SMILES string of the molecule is CC(Sc1cc(N)ccc1Cl)C(=O)N1CCCCCC1. The van der Waals surface area contributed by atoms with Gasteiger partial charge < -0.3 is 10.6 Å². The fourth-order valence-corrected chi connectivity index (χ4v) is 3.67. The normalized spacial score (nSPS) is 17.6. The molecule has 0 radical (unpaired) electrons. The zero-order valence-electron chi connectivity index (χ0n) is 11.8. The van der Waals surface area contributed by atoms with E-state index in [4.69, 9.17) is 17.3 Å². The molecule has 1 heterocycles. The minimum atomic E-state index is -0.132. The van der Waals surface area contributed by atoms with Gasteiger partial charge in [0.05, 0.1) is 10.3 Å². The Hall–Kier alpha value is -0.870. The second kappa shape index (κ2) is 7.23. The lowest BCUT2D eigenvalue weighted by atomic mass is 10.2. The van der Waals surface area contributed by atoms with E-state index in [1.807, 2.05) is 17.9 Å². The fraction of sp³-hybridized carbons (Fsp3) is 0.533. The number of carbonyl (C=O) groups is 1. The number of benzene rings is 1. The molecule has 1 aromatic rings. The molecule has 1 aromatic carbocycles. The van der Waals surface area contributed by atoms with Gasteiger partial charge in [-0.15, -0.1) is 11.8 Å². The Balaban J connectivity index is 2.01. The lowest BCUT2D eigenvalue weighted by molar-refractivity contribution is -0.130. The van der Waals surface area contributed by atoms with Gasteiger partial charge in [0.1, 0.15) is 0 Å². The molecule has 0 bridgehead atoms. The van der Waals surface area contributed by atoms with Crippen LogP contribution >= 0.6 is 23.4 Å². The summed E-state index contributed by atoms with van der Waals surface area (Å²) in [5.41, 5.74) is 6.45. The maximum atomic E-state index is 12.5. The smallest absolute Gasteiger partial charge is 0.235 e. The van der Waals surface area contributed by atoms with Gasteiger partial charge in [-0.25, -0.2) is 0 Å². The number of hydrogen-bond acceptors (Lipinski definition) is 3. The minimum Gasteiger partial charge on any atom is -0.399 e. The fourth-order valence-electron chi connectivity index (χ4n) is 2.40. The van der Waals surface area contributed by atoms with Gasteiger partial charge in [0.15, 0.2) is 0 Å². The van der Waals surface area contributed by atoms with Gasteiger partial charge >= 0.3 is 0 Å². The summed E-state index contributed by atoms with van der Waals surface area (Å²) in [6.45, 7) is 3.71. The Morgan fingerprint density at radius 2 is 1.95 bits per heavy atom. The van der Waals surface area contributed by atoms with Crippen molar-refractivity contribution in [3.8, 4) is 0 Å². The van der Waals surface area contributed by atoms with Crippen LogP contribution in [0.2, 0.25) is 5.02 Å². The Labute approximate surface area is 129 Å². The molecule has 1 unspecified atom stereocenters. The van der Waals surface area contributed by atoms with E-state index < -0.39 is 0 Å². The first-order valence-corrected chi connectivity index (χ1v) is 8.34. The first kappa shape index (κ1) is 15.5. The molecule has 0 spiro atoms. The maximum Gasteiger partial charge on any atom is 0.235 e. The van der Waals surface area contributed by atoms with E-state index in [-0.39, 0.29) is 11.2 Å². The van der Waals surface area contributed by atoms with E-state index in [1.54, 1.807) is 12.1 Å². The molecule has 1 amide bonds. The van der Waals surface area contributed by atoms with Crippen molar-refractivity contribution in [1.82, 2.24) is 4.90 Å². The van der Waals surface area contributed by atoms with Crippen LogP contribution in [0, 0.1) is 0 Å². The summed E-state index contributed by atoms with van der Waals surface area (Å²) in [6.07, 6.45) is 4.68. The number of nitrogens with two attached hydrogens (primary N) is 1. The van der Waals surface area contributed by atoms with Crippen molar-refractivity contribution in [2.45, 2.75) is 42.8 Å². The molecule has 2 rings (SSSR count). The Kier molecular flexibility index (Phi) is 5.61. The van der Waals surface area contributed by atoms with E-state index in [9.17, 15) is 4.79 Å². The molecule has 20 heavy (non-hydrogen) atoms. The second-order valence-corrected chi connectivity index (χ2v) is 6.98. The van der Waals surface area contributed by atoms with Crippen molar-refractivity contribution in [1.29, 1.82) is 0 Å². The van der Waals surface area contributed by atoms with Crippen LogP contribution in [0.1, 0.15) is 32.6 Å². The van der Waals surface area contributed by atoms with Gasteiger partial charge in [-0.05, 0) is 38.0 Å². The molecule has 0 aromatic heterocycles. The van der Waals surface area contributed by atoms with Crippen LogP contribution < -0.4 is 5.73 Å². The first-order valence-electron chi connectivity index (χ1n) is 7.08. The molecule has 1 saturated heterocycles. The van der Waals surface area contributed by atoms with Crippen molar-refractivity contribution in [2.75, 3.05) is 18.8 Å². The summed E-state index contributed by atoms with van der Waals surface area (Å²) >= 11 is 7.65. The molecule has 2 N–H and O–H groups in total. The summed E-state index contributed by atoms with van der Waals surface area (Å²) < 4.78 is 0. The summed E-state index contributed by atoms with van der Waals surface area (Å²) in [4.78, 5) is 15.4. The third kappa shape index (κ3) is 4.06. The number of nitrogen functional groups attached to an aromatic ring is 1. The van der Waals surface area contributed by atoms with Gasteiger partial charge in [-0.2, -0.15) is 0 Å². The van der Waals surface area contributed by atoms with Crippen molar-refractivity contribution < 1.29 is 4.79 Å².